The minimum Gasteiger partial charge on any atom is -0.313 e. The fourth-order valence-electron chi connectivity index (χ4n) is 1.69. The standard InChI is InChI=1S/C14H21F2N/c1-2-3-4-5-10-17-11-12-6-8-13(9-7-12)14(15)16/h6-9,14,17H,2-5,10-11H2,1H3. The van der Waals surface area contributed by atoms with Crippen LogP contribution in [0.3, 0.4) is 0 Å². The van der Waals surface area contributed by atoms with Crippen molar-refractivity contribution >= 4 is 0 Å². The molecule has 0 amide bonds. The highest BCUT2D eigenvalue weighted by molar-refractivity contribution is 5.23. The molecule has 1 aromatic carbocycles. The minimum atomic E-state index is -2.37. The number of unbranched alkanes of at least 4 members (excludes halogenated alkanes) is 3. The molecule has 0 atom stereocenters. The average Bonchev–Trinajstić information content (AvgIpc) is 2.34. The van der Waals surface area contributed by atoms with Gasteiger partial charge >= 0.3 is 0 Å². The van der Waals surface area contributed by atoms with Gasteiger partial charge in [0, 0.05) is 12.1 Å². The summed E-state index contributed by atoms with van der Waals surface area (Å²) >= 11 is 0. The number of nitrogens with one attached hydrogen (secondary N) is 1. The summed E-state index contributed by atoms with van der Waals surface area (Å²) in [6, 6.07) is 6.53. The molecule has 0 saturated carbocycles. The Morgan fingerprint density at radius 3 is 2.35 bits per heavy atom. The first-order valence-corrected chi connectivity index (χ1v) is 6.31. The molecule has 0 spiro atoms. The quantitative estimate of drug-likeness (QED) is 0.669. The van der Waals surface area contributed by atoms with E-state index in [0.717, 1.165) is 18.7 Å². The van der Waals surface area contributed by atoms with Crippen molar-refractivity contribution in [3.05, 3.63) is 35.4 Å². The molecule has 1 nitrogen and oxygen atoms in total. The summed E-state index contributed by atoms with van der Waals surface area (Å²) in [6.45, 7) is 3.95. The molecule has 1 rings (SSSR count). The van der Waals surface area contributed by atoms with Gasteiger partial charge in [0.15, 0.2) is 0 Å². The maximum absolute atomic E-state index is 12.3. The van der Waals surface area contributed by atoms with Crippen molar-refractivity contribution in [3.8, 4) is 0 Å². The Bertz CT molecular complexity index is 296. The van der Waals surface area contributed by atoms with Gasteiger partial charge in [-0.15, -0.1) is 0 Å². The van der Waals surface area contributed by atoms with Crippen LogP contribution in [0.25, 0.3) is 0 Å². The van der Waals surface area contributed by atoms with Crippen molar-refractivity contribution < 1.29 is 8.78 Å². The van der Waals surface area contributed by atoms with E-state index in [2.05, 4.69) is 12.2 Å². The molecule has 0 saturated heterocycles. The fourth-order valence-corrected chi connectivity index (χ4v) is 1.69. The summed E-state index contributed by atoms with van der Waals surface area (Å²) in [6.07, 6.45) is 2.60. The molecule has 0 heterocycles. The van der Waals surface area contributed by atoms with Gasteiger partial charge in [-0.05, 0) is 18.5 Å². The summed E-state index contributed by atoms with van der Waals surface area (Å²) in [4.78, 5) is 0. The highest BCUT2D eigenvalue weighted by atomic mass is 19.3. The highest BCUT2D eigenvalue weighted by Gasteiger charge is 2.05. The Morgan fingerprint density at radius 1 is 1.06 bits per heavy atom. The number of halogens is 2. The van der Waals surface area contributed by atoms with E-state index in [1.807, 2.05) is 0 Å². The summed E-state index contributed by atoms with van der Waals surface area (Å²) in [5.74, 6) is 0. The van der Waals surface area contributed by atoms with Gasteiger partial charge in [0.1, 0.15) is 0 Å². The molecule has 1 aromatic rings. The Kier molecular flexibility index (Phi) is 6.78. The van der Waals surface area contributed by atoms with E-state index in [9.17, 15) is 8.78 Å². The monoisotopic (exact) mass is 241 g/mol. The fraction of sp³-hybridized carbons (Fsp3) is 0.571. The molecule has 0 unspecified atom stereocenters. The molecule has 96 valence electrons. The molecule has 17 heavy (non-hydrogen) atoms. The minimum absolute atomic E-state index is 0.0942. The largest absolute Gasteiger partial charge is 0.313 e. The van der Waals surface area contributed by atoms with E-state index in [1.54, 1.807) is 12.1 Å². The van der Waals surface area contributed by atoms with Crippen LogP contribution in [-0.4, -0.2) is 6.54 Å². The molecule has 3 heteroatoms. The summed E-state index contributed by atoms with van der Waals surface area (Å²) in [7, 11) is 0. The predicted molar refractivity (Wildman–Crippen MR) is 67.2 cm³/mol. The van der Waals surface area contributed by atoms with Crippen molar-refractivity contribution in [2.75, 3.05) is 6.54 Å². The normalized spacial score (nSPS) is 11.1. The zero-order chi connectivity index (χ0) is 12.5. The molecular weight excluding hydrogens is 220 g/mol. The lowest BCUT2D eigenvalue weighted by molar-refractivity contribution is 0.151. The number of rotatable bonds is 8. The molecule has 0 fully saturated rings. The topological polar surface area (TPSA) is 12.0 Å². The van der Waals surface area contributed by atoms with Crippen molar-refractivity contribution in [1.82, 2.24) is 5.32 Å². The van der Waals surface area contributed by atoms with Gasteiger partial charge in [-0.2, -0.15) is 0 Å². The first-order chi connectivity index (χ1) is 8.24. The van der Waals surface area contributed by atoms with Gasteiger partial charge in [0.2, 0.25) is 0 Å². The molecule has 0 aliphatic heterocycles. The lowest BCUT2D eigenvalue weighted by atomic mass is 10.1. The second kappa shape index (κ2) is 8.18. The van der Waals surface area contributed by atoms with E-state index >= 15 is 0 Å². The maximum atomic E-state index is 12.3. The summed E-state index contributed by atoms with van der Waals surface area (Å²) < 4.78 is 24.6. The third kappa shape index (κ3) is 5.78. The van der Waals surface area contributed by atoms with Crippen LogP contribution in [0.15, 0.2) is 24.3 Å². The first-order valence-electron chi connectivity index (χ1n) is 6.31. The second-order valence-corrected chi connectivity index (χ2v) is 4.28. The SMILES string of the molecule is CCCCCCNCc1ccc(C(F)F)cc1. The van der Waals surface area contributed by atoms with Crippen molar-refractivity contribution in [2.45, 2.75) is 45.6 Å². The molecule has 1 N–H and O–H groups in total. The highest BCUT2D eigenvalue weighted by Crippen LogP contribution is 2.18. The third-order valence-electron chi connectivity index (χ3n) is 2.77. The van der Waals surface area contributed by atoms with Crippen LogP contribution in [0.4, 0.5) is 8.78 Å². The van der Waals surface area contributed by atoms with E-state index in [-0.39, 0.29) is 5.56 Å². The zero-order valence-corrected chi connectivity index (χ0v) is 10.4. The van der Waals surface area contributed by atoms with Crippen molar-refractivity contribution in [3.63, 3.8) is 0 Å². The zero-order valence-electron chi connectivity index (χ0n) is 10.4. The summed E-state index contributed by atoms with van der Waals surface area (Å²) in [5.41, 5.74) is 1.15. The number of hydrogen-bond acceptors (Lipinski definition) is 1. The molecule has 0 aromatic heterocycles. The molecular formula is C14H21F2N. The number of hydrogen-bond donors (Lipinski definition) is 1. The van der Waals surface area contributed by atoms with Gasteiger partial charge in [-0.1, -0.05) is 50.5 Å². The van der Waals surface area contributed by atoms with E-state index in [1.165, 1.54) is 37.8 Å². The maximum Gasteiger partial charge on any atom is 0.263 e. The number of benzene rings is 1. The third-order valence-corrected chi connectivity index (χ3v) is 2.77. The molecule has 0 aliphatic rings. The molecule has 0 bridgehead atoms. The van der Waals surface area contributed by atoms with Gasteiger partial charge in [-0.25, -0.2) is 8.78 Å². The van der Waals surface area contributed by atoms with Crippen LogP contribution >= 0.6 is 0 Å². The Hall–Kier alpha value is -0.960. The van der Waals surface area contributed by atoms with Gasteiger partial charge in [0.25, 0.3) is 6.43 Å². The Balaban J connectivity index is 2.19. The molecule has 0 aliphatic carbocycles. The number of alkyl halides is 2. The predicted octanol–water partition coefficient (Wildman–Crippen LogP) is 4.29. The van der Waals surface area contributed by atoms with Gasteiger partial charge in [0.05, 0.1) is 0 Å². The average molecular weight is 241 g/mol. The Labute approximate surface area is 102 Å². The van der Waals surface area contributed by atoms with Crippen LogP contribution in [0.1, 0.15) is 50.2 Å². The van der Waals surface area contributed by atoms with Gasteiger partial charge < -0.3 is 5.32 Å². The van der Waals surface area contributed by atoms with Crippen molar-refractivity contribution in [1.29, 1.82) is 0 Å². The van der Waals surface area contributed by atoms with Gasteiger partial charge in [-0.3, -0.25) is 0 Å². The first kappa shape index (κ1) is 14.1. The van der Waals surface area contributed by atoms with E-state index in [4.69, 9.17) is 0 Å². The second-order valence-electron chi connectivity index (χ2n) is 4.28. The van der Waals surface area contributed by atoms with Crippen LogP contribution in [0, 0.1) is 0 Å². The van der Waals surface area contributed by atoms with E-state index in [0.29, 0.717) is 0 Å². The van der Waals surface area contributed by atoms with Crippen LogP contribution in [-0.2, 0) is 6.54 Å². The van der Waals surface area contributed by atoms with Crippen molar-refractivity contribution in [2.24, 2.45) is 0 Å². The Morgan fingerprint density at radius 2 is 1.76 bits per heavy atom. The van der Waals surface area contributed by atoms with Crippen LogP contribution in [0.5, 0.6) is 0 Å². The van der Waals surface area contributed by atoms with E-state index < -0.39 is 6.43 Å². The smallest absolute Gasteiger partial charge is 0.263 e. The summed E-state index contributed by atoms with van der Waals surface area (Å²) in [5, 5.41) is 3.32. The van der Waals surface area contributed by atoms with Crippen LogP contribution in [0.2, 0.25) is 0 Å². The van der Waals surface area contributed by atoms with Crippen LogP contribution < -0.4 is 5.32 Å². The lowest BCUT2D eigenvalue weighted by Crippen LogP contribution is -2.14. The lowest BCUT2D eigenvalue weighted by Gasteiger charge is -2.06. The molecule has 0 radical (unpaired) electrons.